The van der Waals surface area contributed by atoms with Crippen LogP contribution in [0, 0.1) is 6.92 Å². The quantitative estimate of drug-likeness (QED) is 0.669. The zero-order valence-electron chi connectivity index (χ0n) is 11.1. The topological polar surface area (TPSA) is 64.9 Å². The van der Waals surface area contributed by atoms with Crippen molar-refractivity contribution < 1.29 is 4.52 Å². The van der Waals surface area contributed by atoms with E-state index in [-0.39, 0.29) is 0 Å². The van der Waals surface area contributed by atoms with Crippen molar-refractivity contribution in [2.24, 2.45) is 0 Å². The van der Waals surface area contributed by atoms with Gasteiger partial charge >= 0.3 is 0 Å². The zero-order chi connectivity index (χ0) is 15.0. The van der Waals surface area contributed by atoms with Crippen LogP contribution in [0.2, 0.25) is 5.02 Å². The third-order valence-electron chi connectivity index (χ3n) is 3.08. The monoisotopic (exact) mass is 363 g/mol. The van der Waals surface area contributed by atoms with Gasteiger partial charge in [-0.25, -0.2) is 0 Å². The first kappa shape index (κ1) is 14.1. The average molecular weight is 365 g/mol. The summed E-state index contributed by atoms with van der Waals surface area (Å²) >= 11 is 9.58. The van der Waals surface area contributed by atoms with Crippen molar-refractivity contribution in [1.29, 1.82) is 0 Å². The van der Waals surface area contributed by atoms with Crippen LogP contribution in [0.5, 0.6) is 0 Å². The first-order chi connectivity index (χ1) is 10.0. The van der Waals surface area contributed by atoms with Gasteiger partial charge in [-0.05, 0) is 48.9 Å². The Labute approximate surface area is 135 Å². The lowest BCUT2D eigenvalue weighted by atomic mass is 10.1. The van der Waals surface area contributed by atoms with Crippen molar-refractivity contribution in [2.75, 3.05) is 5.73 Å². The van der Waals surface area contributed by atoms with Gasteiger partial charge in [-0.3, -0.25) is 0 Å². The molecule has 106 valence electrons. The molecule has 3 aromatic rings. The summed E-state index contributed by atoms with van der Waals surface area (Å²) in [6.45, 7) is 1.99. The van der Waals surface area contributed by atoms with Crippen LogP contribution in [-0.4, -0.2) is 10.1 Å². The number of nitrogens with two attached hydrogens (primary N) is 1. The van der Waals surface area contributed by atoms with E-state index in [0.717, 1.165) is 15.6 Å². The van der Waals surface area contributed by atoms with Gasteiger partial charge in [-0.15, -0.1) is 0 Å². The van der Waals surface area contributed by atoms with Crippen LogP contribution < -0.4 is 5.73 Å². The van der Waals surface area contributed by atoms with Crippen LogP contribution in [0.25, 0.3) is 22.8 Å². The first-order valence-electron chi connectivity index (χ1n) is 6.20. The molecule has 6 heteroatoms. The van der Waals surface area contributed by atoms with Gasteiger partial charge in [-0.1, -0.05) is 32.7 Å². The summed E-state index contributed by atoms with van der Waals surface area (Å²) in [7, 11) is 0. The maximum Gasteiger partial charge on any atom is 0.259 e. The molecule has 0 aliphatic heterocycles. The lowest BCUT2D eigenvalue weighted by molar-refractivity contribution is 0.432. The Kier molecular flexibility index (Phi) is 3.69. The van der Waals surface area contributed by atoms with Crippen molar-refractivity contribution in [1.82, 2.24) is 10.1 Å². The van der Waals surface area contributed by atoms with E-state index in [4.69, 9.17) is 21.9 Å². The van der Waals surface area contributed by atoms with E-state index in [1.165, 1.54) is 0 Å². The molecule has 1 heterocycles. The summed E-state index contributed by atoms with van der Waals surface area (Å²) in [6.07, 6.45) is 0. The van der Waals surface area contributed by atoms with Crippen molar-refractivity contribution in [3.8, 4) is 22.8 Å². The molecule has 0 aliphatic rings. The number of hydrogen-bond acceptors (Lipinski definition) is 4. The molecule has 0 amide bonds. The fraction of sp³-hybridized carbons (Fsp3) is 0.0667. The number of hydrogen-bond donors (Lipinski definition) is 1. The van der Waals surface area contributed by atoms with Crippen LogP contribution in [0.15, 0.2) is 45.4 Å². The van der Waals surface area contributed by atoms with E-state index in [2.05, 4.69) is 26.1 Å². The molecule has 4 nitrogen and oxygen atoms in total. The second kappa shape index (κ2) is 5.50. The van der Waals surface area contributed by atoms with Crippen LogP contribution >= 0.6 is 27.5 Å². The van der Waals surface area contributed by atoms with Crippen LogP contribution in [-0.2, 0) is 0 Å². The Morgan fingerprint density at radius 3 is 2.71 bits per heavy atom. The molecule has 0 unspecified atom stereocenters. The molecule has 0 bridgehead atoms. The van der Waals surface area contributed by atoms with E-state index < -0.39 is 0 Å². The minimum absolute atomic E-state index is 0.351. The van der Waals surface area contributed by atoms with E-state index in [9.17, 15) is 0 Å². The third-order valence-corrected chi connectivity index (χ3v) is 3.90. The maximum atomic E-state index is 6.15. The molecular formula is C15H11BrClN3O. The SMILES string of the molecule is Cc1cc(Br)ccc1-c1noc(-c2cc(N)ccc2Cl)n1. The lowest BCUT2D eigenvalue weighted by Gasteiger charge is -2.01. The minimum Gasteiger partial charge on any atom is -0.399 e. The summed E-state index contributed by atoms with van der Waals surface area (Å²) in [5, 5.41) is 4.54. The molecule has 2 N–H and O–H groups in total. The van der Waals surface area contributed by atoms with Crippen LogP contribution in [0.1, 0.15) is 5.56 Å². The molecule has 0 spiro atoms. The summed E-state index contributed by atoms with van der Waals surface area (Å²) in [4.78, 5) is 4.41. The van der Waals surface area contributed by atoms with Gasteiger partial charge in [0.25, 0.3) is 5.89 Å². The highest BCUT2D eigenvalue weighted by Gasteiger charge is 2.15. The molecule has 21 heavy (non-hydrogen) atoms. The van der Waals surface area contributed by atoms with Crippen molar-refractivity contribution >= 4 is 33.2 Å². The van der Waals surface area contributed by atoms with Gasteiger partial charge in [0.2, 0.25) is 5.82 Å². The fourth-order valence-corrected chi connectivity index (χ4v) is 2.70. The van der Waals surface area contributed by atoms with E-state index in [0.29, 0.717) is 28.0 Å². The number of rotatable bonds is 2. The second-order valence-corrected chi connectivity index (χ2v) is 5.94. The number of halogens is 2. The van der Waals surface area contributed by atoms with Gasteiger partial charge in [-0.2, -0.15) is 4.98 Å². The van der Waals surface area contributed by atoms with Crippen LogP contribution in [0.4, 0.5) is 5.69 Å². The largest absolute Gasteiger partial charge is 0.399 e. The summed E-state index contributed by atoms with van der Waals surface area (Å²) in [5.41, 5.74) is 8.95. The molecule has 0 radical (unpaired) electrons. The molecule has 2 aromatic carbocycles. The molecule has 0 aliphatic carbocycles. The number of nitrogen functional groups attached to an aromatic ring is 1. The molecule has 0 saturated heterocycles. The molecule has 3 rings (SSSR count). The number of aryl methyl sites for hydroxylation is 1. The Morgan fingerprint density at radius 1 is 1.14 bits per heavy atom. The Bertz CT molecular complexity index is 816. The Balaban J connectivity index is 2.06. The van der Waals surface area contributed by atoms with Crippen molar-refractivity contribution in [3.05, 3.63) is 51.5 Å². The normalized spacial score (nSPS) is 10.8. The Hall–Kier alpha value is -1.85. The predicted molar refractivity (Wildman–Crippen MR) is 87.0 cm³/mol. The van der Waals surface area contributed by atoms with Gasteiger partial charge in [0.1, 0.15) is 0 Å². The maximum absolute atomic E-state index is 6.15. The standard InChI is InChI=1S/C15H11BrClN3O/c1-8-6-9(16)2-4-11(8)14-19-15(21-20-14)12-7-10(18)3-5-13(12)17/h2-7H,18H2,1H3. The fourth-order valence-electron chi connectivity index (χ4n) is 2.03. The predicted octanol–water partition coefficient (Wildman–Crippen LogP) is 4.71. The zero-order valence-corrected chi connectivity index (χ0v) is 13.4. The minimum atomic E-state index is 0.351. The van der Waals surface area contributed by atoms with E-state index in [1.807, 2.05) is 25.1 Å². The number of benzene rings is 2. The van der Waals surface area contributed by atoms with Gasteiger partial charge < -0.3 is 10.3 Å². The van der Waals surface area contributed by atoms with E-state index in [1.54, 1.807) is 18.2 Å². The summed E-state index contributed by atoms with van der Waals surface area (Å²) in [5.74, 6) is 0.873. The van der Waals surface area contributed by atoms with E-state index >= 15 is 0 Å². The van der Waals surface area contributed by atoms with Gasteiger partial charge in [0, 0.05) is 15.7 Å². The number of anilines is 1. The van der Waals surface area contributed by atoms with Gasteiger partial charge in [0.05, 0.1) is 10.6 Å². The highest BCUT2D eigenvalue weighted by Crippen LogP contribution is 2.31. The third kappa shape index (κ3) is 2.80. The highest BCUT2D eigenvalue weighted by molar-refractivity contribution is 9.10. The van der Waals surface area contributed by atoms with Crippen molar-refractivity contribution in [3.63, 3.8) is 0 Å². The summed E-state index contributed by atoms with van der Waals surface area (Å²) in [6, 6.07) is 11.0. The molecule has 1 aromatic heterocycles. The highest BCUT2D eigenvalue weighted by atomic mass is 79.9. The second-order valence-electron chi connectivity index (χ2n) is 4.62. The van der Waals surface area contributed by atoms with Crippen LogP contribution in [0.3, 0.4) is 0 Å². The Morgan fingerprint density at radius 2 is 1.95 bits per heavy atom. The average Bonchev–Trinajstić information content (AvgIpc) is 2.91. The first-order valence-corrected chi connectivity index (χ1v) is 7.37. The molecule has 0 fully saturated rings. The van der Waals surface area contributed by atoms with Gasteiger partial charge in [0.15, 0.2) is 0 Å². The van der Waals surface area contributed by atoms with Crippen molar-refractivity contribution in [2.45, 2.75) is 6.92 Å². The molecular weight excluding hydrogens is 354 g/mol. The summed E-state index contributed by atoms with van der Waals surface area (Å²) < 4.78 is 6.32. The number of aromatic nitrogens is 2. The smallest absolute Gasteiger partial charge is 0.259 e. The number of nitrogens with zero attached hydrogens (tertiary/aromatic N) is 2. The molecule has 0 atom stereocenters. The molecule has 0 saturated carbocycles. The lowest BCUT2D eigenvalue weighted by Crippen LogP contribution is -1.88.